The summed E-state index contributed by atoms with van der Waals surface area (Å²) >= 11 is 0. The number of unbranched alkanes of at least 4 members (excludes halogenated alkanes) is 23. The highest BCUT2D eigenvalue weighted by atomic mass is 16.6. The van der Waals surface area contributed by atoms with Crippen molar-refractivity contribution >= 4 is 24.0 Å². The van der Waals surface area contributed by atoms with Gasteiger partial charge >= 0.3 is 24.0 Å². The van der Waals surface area contributed by atoms with Crippen LogP contribution < -0.4 is 0 Å². The van der Waals surface area contributed by atoms with Crippen LogP contribution in [0.5, 0.6) is 0 Å². The molecular formula is C60H116N2O8. The van der Waals surface area contributed by atoms with Crippen LogP contribution in [-0.2, 0) is 33.3 Å². The van der Waals surface area contributed by atoms with Crippen LogP contribution in [0.3, 0.4) is 0 Å². The molecule has 0 aromatic carbocycles. The van der Waals surface area contributed by atoms with Crippen molar-refractivity contribution in [1.82, 2.24) is 9.80 Å². The van der Waals surface area contributed by atoms with E-state index >= 15 is 0 Å². The number of hydrogen-bond acceptors (Lipinski definition) is 9. The molecule has 0 N–H and O–H groups in total. The molecule has 0 aromatic heterocycles. The van der Waals surface area contributed by atoms with E-state index in [1.807, 2.05) is 18.7 Å². The Hall–Kier alpha value is -2.36. The van der Waals surface area contributed by atoms with Gasteiger partial charge in [-0.25, -0.2) is 4.79 Å². The highest BCUT2D eigenvalue weighted by Gasteiger charge is 2.21. The molecule has 1 amide bonds. The fourth-order valence-electron chi connectivity index (χ4n) is 9.20. The van der Waals surface area contributed by atoms with Gasteiger partial charge in [-0.05, 0) is 143 Å². The number of carbonyl (C=O) groups excluding carboxylic acids is 4. The first-order valence-corrected chi connectivity index (χ1v) is 30.2. The van der Waals surface area contributed by atoms with Crippen LogP contribution in [0.15, 0.2) is 0 Å². The Morgan fingerprint density at radius 2 is 0.643 bits per heavy atom. The first-order chi connectivity index (χ1) is 34.0. The summed E-state index contributed by atoms with van der Waals surface area (Å²) in [6, 6.07) is 0. The third kappa shape index (κ3) is 44.3. The SMILES string of the molecule is CCCCCCC(CCCCCC)OC(=O)CCCCCCCCC(CCCCCCCCC(=O)OC(CCCCCC)CCCCCC)OC(=O)N(CCCCC(=O)OC(C)CC)CCCN(C)C. The molecule has 10 heteroatoms. The van der Waals surface area contributed by atoms with E-state index < -0.39 is 0 Å². The molecule has 70 heavy (non-hydrogen) atoms. The second kappa shape index (κ2) is 50.2. The van der Waals surface area contributed by atoms with Crippen molar-refractivity contribution in [2.75, 3.05) is 33.7 Å². The van der Waals surface area contributed by atoms with Crippen LogP contribution in [0.25, 0.3) is 0 Å². The van der Waals surface area contributed by atoms with E-state index in [0.29, 0.717) is 38.8 Å². The topological polar surface area (TPSA) is 112 Å². The van der Waals surface area contributed by atoms with Crippen LogP contribution in [0.4, 0.5) is 4.79 Å². The van der Waals surface area contributed by atoms with Gasteiger partial charge in [-0.1, -0.05) is 163 Å². The van der Waals surface area contributed by atoms with Crippen molar-refractivity contribution in [3.05, 3.63) is 0 Å². The normalized spacial score (nSPS) is 12.1. The summed E-state index contributed by atoms with van der Waals surface area (Å²) in [4.78, 5) is 55.8. The zero-order chi connectivity index (χ0) is 51.7. The lowest BCUT2D eigenvalue weighted by Crippen LogP contribution is -2.37. The zero-order valence-electron chi connectivity index (χ0n) is 47.6. The highest BCUT2D eigenvalue weighted by molar-refractivity contribution is 5.70. The molecule has 0 heterocycles. The number of amides is 1. The van der Waals surface area contributed by atoms with Gasteiger partial charge < -0.3 is 28.7 Å². The van der Waals surface area contributed by atoms with E-state index in [1.165, 1.54) is 77.0 Å². The maximum atomic E-state index is 13.8. The second-order valence-electron chi connectivity index (χ2n) is 21.3. The minimum atomic E-state index is -0.238. The standard InChI is InChI=1S/C60H116N2O8/c1-9-14-18-30-41-54(42-31-19-15-10-2)68-58(64)47-36-28-24-22-26-34-45-56(70-60(66)62(52-40-50-61(7)8)51-39-38-49-57(63)67-53(6)13-5)46-35-27-23-25-29-37-48-59(65)69-55(43-32-20-16-11-3)44-33-21-17-12-4/h53-56H,9-52H2,1-8H3. The number of rotatable bonds is 52. The lowest BCUT2D eigenvalue weighted by atomic mass is 10.0. The van der Waals surface area contributed by atoms with Gasteiger partial charge in [0.1, 0.15) is 18.3 Å². The maximum absolute atomic E-state index is 13.8. The molecular weight excluding hydrogens is 877 g/mol. The molecule has 414 valence electrons. The quantitative estimate of drug-likeness (QED) is 0.0334. The van der Waals surface area contributed by atoms with Crippen LogP contribution in [0, 0.1) is 0 Å². The first kappa shape index (κ1) is 67.6. The molecule has 1 unspecified atom stereocenters. The highest BCUT2D eigenvalue weighted by Crippen LogP contribution is 2.22. The van der Waals surface area contributed by atoms with E-state index in [4.69, 9.17) is 18.9 Å². The van der Waals surface area contributed by atoms with Crippen molar-refractivity contribution in [2.45, 2.75) is 329 Å². The Morgan fingerprint density at radius 1 is 0.343 bits per heavy atom. The number of ether oxygens (including phenoxy) is 4. The average molecular weight is 994 g/mol. The third-order valence-corrected chi connectivity index (χ3v) is 14.0. The summed E-state index contributed by atoms with van der Waals surface area (Å²) < 4.78 is 23.8. The Labute approximate surface area is 433 Å². The zero-order valence-corrected chi connectivity index (χ0v) is 47.6. The first-order valence-electron chi connectivity index (χ1n) is 30.2. The summed E-state index contributed by atoms with van der Waals surface area (Å²) in [7, 11) is 4.10. The molecule has 0 radical (unpaired) electrons. The van der Waals surface area contributed by atoms with Crippen molar-refractivity contribution in [2.24, 2.45) is 0 Å². The summed E-state index contributed by atoms with van der Waals surface area (Å²) in [5.74, 6) is -0.215. The molecule has 0 saturated carbocycles. The number of carbonyl (C=O) groups is 4. The van der Waals surface area contributed by atoms with Gasteiger partial charge in [0, 0.05) is 32.4 Å². The minimum Gasteiger partial charge on any atom is -0.463 e. The van der Waals surface area contributed by atoms with Crippen LogP contribution in [-0.4, -0.2) is 91.9 Å². The van der Waals surface area contributed by atoms with Crippen LogP contribution >= 0.6 is 0 Å². The second-order valence-corrected chi connectivity index (χ2v) is 21.3. The molecule has 0 saturated heterocycles. The molecule has 10 nitrogen and oxygen atoms in total. The predicted octanol–water partition coefficient (Wildman–Crippen LogP) is 17.2. The molecule has 0 fully saturated rings. The number of hydrogen-bond donors (Lipinski definition) is 0. The van der Waals surface area contributed by atoms with E-state index in [1.54, 1.807) is 0 Å². The molecule has 0 aliphatic rings. The van der Waals surface area contributed by atoms with Crippen molar-refractivity contribution < 1.29 is 38.1 Å². The number of esters is 3. The summed E-state index contributed by atoms with van der Waals surface area (Å²) in [6.45, 7) is 14.9. The average Bonchev–Trinajstić information content (AvgIpc) is 3.33. The smallest absolute Gasteiger partial charge is 0.410 e. The van der Waals surface area contributed by atoms with Crippen LogP contribution in [0.2, 0.25) is 0 Å². The Morgan fingerprint density at radius 3 is 1.00 bits per heavy atom. The lowest BCUT2D eigenvalue weighted by molar-refractivity contribution is -0.151. The van der Waals surface area contributed by atoms with Crippen molar-refractivity contribution in [3.8, 4) is 0 Å². The van der Waals surface area contributed by atoms with Gasteiger partial charge in [0.15, 0.2) is 0 Å². The van der Waals surface area contributed by atoms with Gasteiger partial charge in [0.25, 0.3) is 0 Å². The van der Waals surface area contributed by atoms with Gasteiger partial charge in [0.05, 0.1) is 6.10 Å². The molecule has 1 atom stereocenters. The molecule has 0 spiro atoms. The Kier molecular flexibility index (Phi) is 48.5. The molecule has 0 bridgehead atoms. The minimum absolute atomic E-state index is 0.0227. The van der Waals surface area contributed by atoms with Gasteiger partial charge in [-0.3, -0.25) is 14.4 Å². The summed E-state index contributed by atoms with van der Waals surface area (Å²) in [5.41, 5.74) is 0. The monoisotopic (exact) mass is 993 g/mol. The Balaban J connectivity index is 5.17. The summed E-state index contributed by atoms with van der Waals surface area (Å²) in [6.07, 6.45) is 41.6. The molecule has 0 aliphatic carbocycles. The molecule has 0 rings (SSSR count). The van der Waals surface area contributed by atoms with E-state index in [2.05, 4.69) is 46.7 Å². The Bertz CT molecular complexity index is 1120. The van der Waals surface area contributed by atoms with Gasteiger partial charge in [-0.2, -0.15) is 0 Å². The predicted molar refractivity (Wildman–Crippen MR) is 293 cm³/mol. The van der Waals surface area contributed by atoms with E-state index in [0.717, 1.165) is 167 Å². The maximum Gasteiger partial charge on any atom is 0.410 e. The third-order valence-electron chi connectivity index (χ3n) is 14.0. The van der Waals surface area contributed by atoms with Gasteiger partial charge in [0.2, 0.25) is 0 Å². The lowest BCUT2D eigenvalue weighted by Gasteiger charge is -2.26. The van der Waals surface area contributed by atoms with Crippen LogP contribution in [0.1, 0.15) is 305 Å². The largest absolute Gasteiger partial charge is 0.463 e. The van der Waals surface area contributed by atoms with Crippen molar-refractivity contribution in [1.29, 1.82) is 0 Å². The van der Waals surface area contributed by atoms with Crippen molar-refractivity contribution in [3.63, 3.8) is 0 Å². The molecule has 0 aromatic rings. The molecule has 0 aliphatic heterocycles. The fraction of sp³-hybridized carbons (Fsp3) is 0.933. The fourth-order valence-corrected chi connectivity index (χ4v) is 9.20. The number of nitrogens with zero attached hydrogens (tertiary/aromatic N) is 2. The van der Waals surface area contributed by atoms with E-state index in [-0.39, 0.29) is 48.4 Å². The van der Waals surface area contributed by atoms with E-state index in [9.17, 15) is 19.2 Å². The van der Waals surface area contributed by atoms with Gasteiger partial charge in [-0.15, -0.1) is 0 Å². The summed E-state index contributed by atoms with van der Waals surface area (Å²) in [5, 5.41) is 0.